The number of hydrogen-bond acceptors (Lipinski definition) is 3. The van der Waals surface area contributed by atoms with Gasteiger partial charge < -0.3 is 15.7 Å². The summed E-state index contributed by atoms with van der Waals surface area (Å²) >= 11 is 0. The Balaban J connectivity index is 2.97. The zero-order chi connectivity index (χ0) is 14.5. The molecule has 0 aliphatic rings. The van der Waals surface area contributed by atoms with Crippen LogP contribution in [0.1, 0.15) is 36.7 Å². The van der Waals surface area contributed by atoms with Crippen LogP contribution in [0.2, 0.25) is 0 Å². The van der Waals surface area contributed by atoms with Gasteiger partial charge in [-0.2, -0.15) is 0 Å². The van der Waals surface area contributed by atoms with Crippen LogP contribution in [0.5, 0.6) is 0 Å². The molecule has 0 saturated carbocycles. The molecule has 0 atom stereocenters. The molecule has 1 aromatic rings. The minimum Gasteiger partial charge on any atom is -0.389 e. The fourth-order valence-corrected chi connectivity index (χ4v) is 2.07. The van der Waals surface area contributed by atoms with Crippen molar-refractivity contribution in [1.29, 1.82) is 0 Å². The van der Waals surface area contributed by atoms with Crippen LogP contribution in [-0.2, 0) is 6.42 Å². The Bertz CT molecular complexity index is 424. The minimum absolute atomic E-state index is 0.0475. The van der Waals surface area contributed by atoms with Gasteiger partial charge >= 0.3 is 0 Å². The summed E-state index contributed by atoms with van der Waals surface area (Å²) in [7, 11) is 0. The third kappa shape index (κ3) is 4.65. The van der Waals surface area contributed by atoms with Crippen molar-refractivity contribution in [2.45, 2.75) is 32.8 Å². The van der Waals surface area contributed by atoms with Crippen molar-refractivity contribution in [3.05, 3.63) is 35.4 Å². The number of aliphatic hydroxyl groups is 1. The molecule has 3 N–H and O–H groups in total. The molecule has 4 heteroatoms. The molecule has 0 unspecified atom stereocenters. The summed E-state index contributed by atoms with van der Waals surface area (Å²) in [4.78, 5) is 14.2. The van der Waals surface area contributed by atoms with Crippen molar-refractivity contribution < 1.29 is 9.90 Å². The molecule has 1 amide bonds. The van der Waals surface area contributed by atoms with Gasteiger partial charge in [0.2, 0.25) is 0 Å². The highest BCUT2D eigenvalue weighted by molar-refractivity contribution is 5.95. The first-order chi connectivity index (χ1) is 8.89. The molecule has 0 heterocycles. The molecular weight excluding hydrogens is 240 g/mol. The van der Waals surface area contributed by atoms with E-state index in [1.165, 1.54) is 0 Å². The summed E-state index contributed by atoms with van der Waals surface area (Å²) in [5.41, 5.74) is 6.32. The number of amides is 1. The highest BCUT2D eigenvalue weighted by Gasteiger charge is 2.23. The molecule has 1 rings (SSSR count). The van der Waals surface area contributed by atoms with Gasteiger partial charge in [0, 0.05) is 18.7 Å². The van der Waals surface area contributed by atoms with Crippen molar-refractivity contribution in [2.75, 3.05) is 19.6 Å². The largest absolute Gasteiger partial charge is 0.389 e. The van der Waals surface area contributed by atoms with E-state index in [0.29, 0.717) is 31.6 Å². The van der Waals surface area contributed by atoms with Gasteiger partial charge in [-0.1, -0.05) is 18.2 Å². The lowest BCUT2D eigenvalue weighted by Gasteiger charge is -2.28. The number of carbonyl (C=O) groups excluding carboxylic acids is 1. The van der Waals surface area contributed by atoms with E-state index in [-0.39, 0.29) is 5.91 Å². The molecule has 0 bridgehead atoms. The van der Waals surface area contributed by atoms with E-state index in [4.69, 9.17) is 5.73 Å². The predicted molar refractivity (Wildman–Crippen MR) is 77.1 cm³/mol. The van der Waals surface area contributed by atoms with Gasteiger partial charge in [-0.25, -0.2) is 0 Å². The molecular formula is C15H24N2O2. The third-order valence-corrected chi connectivity index (χ3v) is 2.91. The maximum atomic E-state index is 12.5. The normalized spacial score (nSPS) is 11.4. The molecule has 19 heavy (non-hydrogen) atoms. The van der Waals surface area contributed by atoms with Crippen LogP contribution < -0.4 is 5.73 Å². The van der Waals surface area contributed by atoms with Crippen LogP contribution in [0.15, 0.2) is 24.3 Å². The average molecular weight is 264 g/mol. The predicted octanol–water partition coefficient (Wildman–Crippen LogP) is 1.42. The van der Waals surface area contributed by atoms with Gasteiger partial charge in [0.25, 0.3) is 5.91 Å². The van der Waals surface area contributed by atoms with Crippen LogP contribution in [0, 0.1) is 0 Å². The minimum atomic E-state index is -0.894. The Morgan fingerprint density at radius 3 is 2.53 bits per heavy atom. The molecule has 0 aliphatic carbocycles. The Morgan fingerprint density at radius 2 is 2.00 bits per heavy atom. The molecule has 0 radical (unpaired) electrons. The Kier molecular flexibility index (Phi) is 5.51. The van der Waals surface area contributed by atoms with Crippen LogP contribution in [0.25, 0.3) is 0 Å². The monoisotopic (exact) mass is 264 g/mol. The maximum Gasteiger partial charge on any atom is 0.254 e. The lowest BCUT2D eigenvalue weighted by Crippen LogP contribution is -2.42. The molecule has 0 spiro atoms. The van der Waals surface area contributed by atoms with Gasteiger partial charge in [-0.3, -0.25) is 4.79 Å². The summed E-state index contributed by atoms with van der Waals surface area (Å²) in [5, 5.41) is 9.87. The molecule has 0 fully saturated rings. The molecule has 1 aromatic carbocycles. The van der Waals surface area contributed by atoms with Gasteiger partial charge in [0.05, 0.1) is 5.60 Å². The number of nitrogens with zero attached hydrogens (tertiary/aromatic N) is 1. The van der Waals surface area contributed by atoms with Gasteiger partial charge in [0.15, 0.2) is 0 Å². The third-order valence-electron chi connectivity index (χ3n) is 2.91. The Morgan fingerprint density at radius 1 is 1.37 bits per heavy atom. The van der Waals surface area contributed by atoms with Crippen molar-refractivity contribution in [2.24, 2.45) is 5.73 Å². The van der Waals surface area contributed by atoms with E-state index in [1.807, 2.05) is 31.2 Å². The first kappa shape index (κ1) is 15.7. The van der Waals surface area contributed by atoms with Crippen molar-refractivity contribution in [1.82, 2.24) is 4.90 Å². The fourth-order valence-electron chi connectivity index (χ4n) is 2.07. The van der Waals surface area contributed by atoms with Crippen molar-refractivity contribution in [3.63, 3.8) is 0 Å². The van der Waals surface area contributed by atoms with Crippen LogP contribution in [0.3, 0.4) is 0 Å². The second-order valence-electron chi connectivity index (χ2n) is 5.33. The van der Waals surface area contributed by atoms with Gasteiger partial charge in [-0.05, 0) is 45.4 Å². The maximum absolute atomic E-state index is 12.5. The Hall–Kier alpha value is -1.39. The first-order valence-corrected chi connectivity index (χ1v) is 6.68. The molecule has 0 aliphatic heterocycles. The lowest BCUT2D eigenvalue weighted by molar-refractivity contribution is 0.0314. The zero-order valence-electron chi connectivity index (χ0n) is 12.0. The second kappa shape index (κ2) is 6.68. The van der Waals surface area contributed by atoms with E-state index < -0.39 is 5.60 Å². The number of nitrogens with two attached hydrogens (primary N) is 1. The van der Waals surface area contributed by atoms with E-state index in [2.05, 4.69) is 0 Å². The van der Waals surface area contributed by atoms with E-state index in [1.54, 1.807) is 18.7 Å². The highest BCUT2D eigenvalue weighted by atomic mass is 16.3. The van der Waals surface area contributed by atoms with Crippen molar-refractivity contribution >= 4 is 5.91 Å². The van der Waals surface area contributed by atoms with Gasteiger partial charge in [0.1, 0.15) is 0 Å². The van der Waals surface area contributed by atoms with Crippen molar-refractivity contribution in [3.8, 4) is 0 Å². The molecule has 0 saturated heterocycles. The van der Waals surface area contributed by atoms with E-state index in [0.717, 1.165) is 5.56 Å². The number of rotatable bonds is 6. The number of benzene rings is 1. The number of hydrogen-bond donors (Lipinski definition) is 2. The summed E-state index contributed by atoms with van der Waals surface area (Å²) in [6, 6.07) is 7.51. The second-order valence-corrected chi connectivity index (χ2v) is 5.33. The summed E-state index contributed by atoms with van der Waals surface area (Å²) < 4.78 is 0. The van der Waals surface area contributed by atoms with E-state index in [9.17, 15) is 9.90 Å². The van der Waals surface area contributed by atoms with Crippen LogP contribution in [0.4, 0.5) is 0 Å². The van der Waals surface area contributed by atoms with Crippen LogP contribution >= 0.6 is 0 Å². The summed E-state index contributed by atoms with van der Waals surface area (Å²) in [5.74, 6) is -0.0475. The molecule has 0 aromatic heterocycles. The summed E-state index contributed by atoms with van der Waals surface area (Å²) in [6.45, 7) is 6.72. The zero-order valence-corrected chi connectivity index (χ0v) is 12.0. The quantitative estimate of drug-likeness (QED) is 0.816. The highest BCUT2D eigenvalue weighted by Crippen LogP contribution is 2.14. The topological polar surface area (TPSA) is 66.6 Å². The lowest BCUT2D eigenvalue weighted by atomic mass is 10.0. The smallest absolute Gasteiger partial charge is 0.254 e. The van der Waals surface area contributed by atoms with E-state index >= 15 is 0 Å². The fraction of sp³-hybridized carbons (Fsp3) is 0.533. The first-order valence-electron chi connectivity index (χ1n) is 6.68. The number of carbonyl (C=O) groups is 1. The Labute approximate surface area is 115 Å². The average Bonchev–Trinajstić information content (AvgIpc) is 2.35. The number of likely N-dealkylation sites (N-methyl/N-ethyl adjacent to an activating group) is 1. The van der Waals surface area contributed by atoms with Gasteiger partial charge in [-0.15, -0.1) is 0 Å². The van der Waals surface area contributed by atoms with Crippen LogP contribution in [-0.4, -0.2) is 41.1 Å². The SMILES string of the molecule is CCN(CC(C)(C)O)C(=O)c1ccccc1CCN. The summed E-state index contributed by atoms with van der Waals surface area (Å²) in [6.07, 6.45) is 0.683. The molecule has 4 nitrogen and oxygen atoms in total. The molecule has 106 valence electrons. The standard InChI is InChI=1S/C15H24N2O2/c1-4-17(11-15(2,3)19)14(18)13-8-6-5-7-12(13)9-10-16/h5-8,19H,4,9-11,16H2,1-3H3.